The molecule has 0 saturated heterocycles. The number of hydrogen-bond acceptors (Lipinski definition) is 9. The van der Waals surface area contributed by atoms with Crippen LogP contribution in [-0.2, 0) is 34.7 Å². The number of thiazole rings is 1. The summed E-state index contributed by atoms with van der Waals surface area (Å²) < 4.78 is 36.3. The zero-order valence-corrected chi connectivity index (χ0v) is 14.6. The number of aryl methyl sites for hydroxylation is 1. The summed E-state index contributed by atoms with van der Waals surface area (Å²) in [5.74, 6) is 0.403. The number of fused-ring (bicyclic) bond motifs is 1. The second-order valence-electron chi connectivity index (χ2n) is 4.71. The number of hydrogen-bond donors (Lipinski definition) is 1. The molecule has 0 atom stereocenters. The maximum absolute atomic E-state index is 12.0. The van der Waals surface area contributed by atoms with Gasteiger partial charge in [0.25, 0.3) is 5.56 Å². The number of rotatable bonds is 3. The van der Waals surface area contributed by atoms with Crippen LogP contribution in [0, 0.1) is 0 Å². The van der Waals surface area contributed by atoms with E-state index < -0.39 is 10.4 Å². The number of aromatic nitrogens is 3. The first-order valence-corrected chi connectivity index (χ1v) is 8.91. The van der Waals surface area contributed by atoms with Gasteiger partial charge >= 0.3 is 5.13 Å². The normalized spacial score (nSPS) is 13.8. The van der Waals surface area contributed by atoms with Crippen LogP contribution in [-0.4, -0.2) is 29.4 Å². The molecular weight excluding hydrogens is 360 g/mol. The second-order valence-corrected chi connectivity index (χ2v) is 6.73. The topological polar surface area (TPSA) is 148 Å². The summed E-state index contributed by atoms with van der Waals surface area (Å²) in [6, 6.07) is 0. The highest BCUT2D eigenvalue weighted by Gasteiger charge is 2.23. The fraction of sp³-hybridized carbons (Fsp3) is 0.455. The summed E-state index contributed by atoms with van der Waals surface area (Å²) in [6.07, 6.45) is 2.83. The largest absolute Gasteiger partial charge is 0.726 e. The van der Waals surface area contributed by atoms with Gasteiger partial charge in [0.1, 0.15) is 6.20 Å². The van der Waals surface area contributed by atoms with E-state index in [1.807, 2.05) is 23.2 Å². The quantitative estimate of drug-likeness (QED) is 0.346. The Morgan fingerprint density at radius 3 is 2.50 bits per heavy atom. The fourth-order valence-corrected chi connectivity index (χ4v) is 2.72. The molecule has 132 valence electrons. The molecule has 0 amide bonds. The number of nitrogen functional groups attached to an aromatic ring is 1. The first kappa shape index (κ1) is 18.3. The summed E-state index contributed by atoms with van der Waals surface area (Å²) in [5.41, 5.74) is 6.00. The van der Waals surface area contributed by atoms with Gasteiger partial charge in [-0.05, 0) is 22.9 Å². The van der Waals surface area contributed by atoms with Crippen LogP contribution in [0.4, 0.5) is 16.6 Å². The lowest BCUT2D eigenvalue weighted by molar-refractivity contribution is -0.654. The highest BCUT2D eigenvalue weighted by Crippen LogP contribution is 2.24. The Hall–Kier alpha value is -2.09. The van der Waals surface area contributed by atoms with Gasteiger partial charge in [0.05, 0.1) is 19.3 Å². The minimum Gasteiger partial charge on any atom is -0.726 e. The number of nitrogens with two attached hydrogens (primary N) is 1. The molecule has 11 nitrogen and oxygen atoms in total. The molecule has 0 aliphatic carbocycles. The van der Waals surface area contributed by atoms with Gasteiger partial charge in [-0.15, -0.1) is 0 Å². The molecule has 0 unspecified atom stereocenters. The SMILES string of the molecule is COS(=O)(=O)[O-].C[n+]1ccsc1N=Nc1c(N)n2n(c1=O)CCC2. The molecule has 2 aromatic rings. The molecule has 0 aromatic carbocycles. The number of anilines is 1. The molecule has 0 spiro atoms. The van der Waals surface area contributed by atoms with Crippen LogP contribution in [0.1, 0.15) is 6.42 Å². The van der Waals surface area contributed by atoms with Gasteiger partial charge in [0, 0.05) is 18.5 Å². The second kappa shape index (κ2) is 7.21. The molecule has 24 heavy (non-hydrogen) atoms. The van der Waals surface area contributed by atoms with Crippen molar-refractivity contribution in [1.29, 1.82) is 0 Å². The average molecular weight is 376 g/mol. The molecule has 0 fully saturated rings. The van der Waals surface area contributed by atoms with Gasteiger partial charge in [0.15, 0.2) is 5.82 Å². The van der Waals surface area contributed by atoms with Crippen molar-refractivity contribution in [2.45, 2.75) is 19.5 Å². The summed E-state index contributed by atoms with van der Waals surface area (Å²) in [5, 5.41) is 10.7. The van der Waals surface area contributed by atoms with E-state index in [1.165, 1.54) is 11.3 Å². The Morgan fingerprint density at radius 2 is 2.00 bits per heavy atom. The average Bonchev–Trinajstić information content (AvgIpc) is 3.20. The van der Waals surface area contributed by atoms with Crippen molar-refractivity contribution >= 4 is 38.4 Å². The summed E-state index contributed by atoms with van der Waals surface area (Å²) in [4.78, 5) is 12.0. The van der Waals surface area contributed by atoms with Crippen molar-refractivity contribution in [2.75, 3.05) is 12.8 Å². The zero-order chi connectivity index (χ0) is 17.9. The minimum absolute atomic E-state index is 0.159. The Bertz CT molecular complexity index is 910. The van der Waals surface area contributed by atoms with E-state index >= 15 is 0 Å². The van der Waals surface area contributed by atoms with Crippen molar-refractivity contribution in [3.8, 4) is 0 Å². The standard InChI is InChI=1S/C10H12N6OS.CH4O4S/c1-14-5-6-18-10(14)13-12-7-8(11)15-3-2-4-16(15)9(7)17;1-5-6(2,3)4/h5-6,11H,2-4H2,1H3;1H3,(H,2,3,4). The highest BCUT2D eigenvalue weighted by atomic mass is 32.3. The van der Waals surface area contributed by atoms with E-state index in [2.05, 4.69) is 14.4 Å². The Morgan fingerprint density at radius 1 is 1.38 bits per heavy atom. The maximum Gasteiger partial charge on any atom is 0.408 e. The highest BCUT2D eigenvalue weighted by molar-refractivity contribution is 7.80. The molecule has 3 rings (SSSR count). The monoisotopic (exact) mass is 376 g/mol. The third-order valence-corrected chi connectivity index (χ3v) is 4.43. The smallest absolute Gasteiger partial charge is 0.408 e. The van der Waals surface area contributed by atoms with Crippen LogP contribution in [0.2, 0.25) is 0 Å². The Kier molecular flexibility index (Phi) is 5.48. The number of azo groups is 1. The maximum atomic E-state index is 12.0. The predicted molar refractivity (Wildman–Crippen MR) is 84.1 cm³/mol. The molecule has 1 aliphatic rings. The Labute approximate surface area is 141 Å². The van der Waals surface area contributed by atoms with Gasteiger partial charge in [-0.25, -0.2) is 17.7 Å². The van der Waals surface area contributed by atoms with E-state index in [9.17, 15) is 17.8 Å². The van der Waals surface area contributed by atoms with Crippen molar-refractivity contribution in [2.24, 2.45) is 17.3 Å². The van der Waals surface area contributed by atoms with E-state index in [0.717, 1.165) is 25.2 Å². The molecule has 3 heterocycles. The van der Waals surface area contributed by atoms with Gasteiger partial charge in [0.2, 0.25) is 16.1 Å². The third-order valence-electron chi connectivity index (χ3n) is 3.19. The van der Waals surface area contributed by atoms with Gasteiger partial charge in [-0.3, -0.25) is 13.7 Å². The van der Waals surface area contributed by atoms with E-state index in [-0.39, 0.29) is 11.2 Å². The molecule has 13 heteroatoms. The van der Waals surface area contributed by atoms with Crippen molar-refractivity contribution in [1.82, 2.24) is 9.36 Å². The summed E-state index contributed by atoms with van der Waals surface area (Å²) in [7, 11) is -1.73. The molecule has 2 aromatic heterocycles. The molecule has 0 radical (unpaired) electrons. The fourth-order valence-electron chi connectivity index (χ4n) is 2.04. The van der Waals surface area contributed by atoms with Gasteiger partial charge < -0.3 is 10.3 Å². The first-order chi connectivity index (χ1) is 11.2. The van der Waals surface area contributed by atoms with Crippen molar-refractivity contribution in [3.05, 3.63) is 21.9 Å². The van der Waals surface area contributed by atoms with Crippen LogP contribution < -0.4 is 15.9 Å². The van der Waals surface area contributed by atoms with Crippen LogP contribution in [0.25, 0.3) is 0 Å². The third kappa shape index (κ3) is 4.05. The molecule has 0 bridgehead atoms. The molecular formula is C11H16N6O5S2. The molecule has 1 aliphatic heterocycles. The number of nitrogens with zero attached hydrogens (tertiary/aromatic N) is 5. The van der Waals surface area contributed by atoms with Crippen LogP contribution in [0.15, 0.2) is 26.6 Å². The zero-order valence-electron chi connectivity index (χ0n) is 12.9. The molecule has 2 N–H and O–H groups in total. The minimum atomic E-state index is -4.41. The van der Waals surface area contributed by atoms with E-state index in [4.69, 9.17) is 5.73 Å². The van der Waals surface area contributed by atoms with E-state index in [1.54, 1.807) is 9.36 Å². The summed E-state index contributed by atoms with van der Waals surface area (Å²) in [6.45, 7) is 1.47. The summed E-state index contributed by atoms with van der Waals surface area (Å²) >= 11 is 1.46. The lowest BCUT2D eigenvalue weighted by atomic mass is 10.4. The van der Waals surface area contributed by atoms with Gasteiger partial charge in [-0.2, -0.15) is 0 Å². The lowest BCUT2D eigenvalue weighted by Crippen LogP contribution is -2.23. The van der Waals surface area contributed by atoms with Crippen molar-refractivity contribution < 1.29 is 21.7 Å². The van der Waals surface area contributed by atoms with Crippen LogP contribution in [0.5, 0.6) is 0 Å². The van der Waals surface area contributed by atoms with Crippen molar-refractivity contribution in [3.63, 3.8) is 0 Å². The molecule has 0 saturated carbocycles. The van der Waals surface area contributed by atoms with Crippen LogP contribution >= 0.6 is 11.3 Å². The predicted octanol–water partition coefficient (Wildman–Crippen LogP) is 0.0301. The van der Waals surface area contributed by atoms with E-state index in [0.29, 0.717) is 12.4 Å². The lowest BCUT2D eigenvalue weighted by Gasteiger charge is -1.98. The van der Waals surface area contributed by atoms with Gasteiger partial charge in [-0.1, -0.05) is 0 Å². The van der Waals surface area contributed by atoms with Crippen LogP contribution in [0.3, 0.4) is 0 Å². The Balaban J connectivity index is 0.000000301. The first-order valence-electron chi connectivity index (χ1n) is 6.70.